The number of halogens is 1. The van der Waals surface area contributed by atoms with Crippen molar-refractivity contribution in [1.29, 1.82) is 0 Å². The Bertz CT molecular complexity index is 419. The van der Waals surface area contributed by atoms with E-state index in [9.17, 15) is 0 Å². The van der Waals surface area contributed by atoms with Gasteiger partial charge in [-0.15, -0.1) is 11.6 Å². The van der Waals surface area contributed by atoms with E-state index in [4.69, 9.17) is 11.6 Å². The lowest BCUT2D eigenvalue weighted by atomic mass is 9.81. The smallest absolute Gasteiger partial charge is 0.0560 e. The average molecular weight is 222 g/mol. The van der Waals surface area contributed by atoms with E-state index in [1.807, 2.05) is 13.0 Å². The van der Waals surface area contributed by atoms with E-state index in [0.29, 0.717) is 0 Å². The highest BCUT2D eigenvalue weighted by Gasteiger charge is 2.36. The minimum atomic E-state index is -0.0327. The summed E-state index contributed by atoms with van der Waals surface area (Å²) in [5, 5.41) is 3.36. The SMILES string of the molecule is C=C1Nc2cccc(C(C)Cl)c2C1(C)C. The van der Waals surface area contributed by atoms with Gasteiger partial charge in [-0.2, -0.15) is 0 Å². The van der Waals surface area contributed by atoms with Gasteiger partial charge in [-0.05, 0) is 24.1 Å². The molecular weight excluding hydrogens is 206 g/mol. The summed E-state index contributed by atoms with van der Waals surface area (Å²) < 4.78 is 0. The Labute approximate surface area is 96.1 Å². The molecule has 0 spiro atoms. The summed E-state index contributed by atoms with van der Waals surface area (Å²) in [6.45, 7) is 10.4. The topological polar surface area (TPSA) is 12.0 Å². The Morgan fingerprint density at radius 1 is 1.40 bits per heavy atom. The zero-order valence-electron chi connectivity index (χ0n) is 9.39. The van der Waals surface area contributed by atoms with Crippen LogP contribution in [0, 0.1) is 0 Å². The number of rotatable bonds is 1. The predicted octanol–water partition coefficient (Wildman–Crippen LogP) is 4.20. The molecule has 0 saturated heterocycles. The van der Waals surface area contributed by atoms with Crippen molar-refractivity contribution in [3.05, 3.63) is 41.6 Å². The minimum Gasteiger partial charge on any atom is -0.358 e. The fraction of sp³-hybridized carbons (Fsp3) is 0.385. The van der Waals surface area contributed by atoms with Gasteiger partial charge in [-0.1, -0.05) is 32.6 Å². The number of anilines is 1. The van der Waals surface area contributed by atoms with Crippen LogP contribution in [0.2, 0.25) is 0 Å². The first-order valence-electron chi connectivity index (χ1n) is 5.18. The number of hydrogen-bond donors (Lipinski definition) is 1. The van der Waals surface area contributed by atoms with Crippen molar-refractivity contribution in [2.75, 3.05) is 5.32 Å². The van der Waals surface area contributed by atoms with Crippen LogP contribution in [0.5, 0.6) is 0 Å². The molecule has 1 aromatic rings. The second-order valence-electron chi connectivity index (χ2n) is 4.61. The maximum atomic E-state index is 6.20. The highest BCUT2D eigenvalue weighted by Crippen LogP contribution is 2.46. The predicted molar refractivity (Wildman–Crippen MR) is 66.5 cm³/mol. The molecule has 80 valence electrons. The third-order valence-electron chi connectivity index (χ3n) is 3.19. The quantitative estimate of drug-likeness (QED) is 0.701. The van der Waals surface area contributed by atoms with Gasteiger partial charge in [0.05, 0.1) is 5.38 Å². The van der Waals surface area contributed by atoms with Gasteiger partial charge in [0, 0.05) is 16.8 Å². The molecule has 1 nitrogen and oxygen atoms in total. The van der Waals surface area contributed by atoms with E-state index in [2.05, 4.69) is 37.9 Å². The molecule has 1 aliphatic heterocycles. The summed E-state index contributed by atoms with van der Waals surface area (Å²) in [7, 11) is 0. The van der Waals surface area contributed by atoms with Gasteiger partial charge in [0.2, 0.25) is 0 Å². The van der Waals surface area contributed by atoms with Crippen LogP contribution in [-0.4, -0.2) is 0 Å². The summed E-state index contributed by atoms with van der Waals surface area (Å²) in [6.07, 6.45) is 0. The number of hydrogen-bond acceptors (Lipinski definition) is 1. The molecule has 2 heteroatoms. The van der Waals surface area contributed by atoms with Gasteiger partial charge < -0.3 is 5.32 Å². The first-order chi connectivity index (χ1) is 6.94. The lowest BCUT2D eigenvalue weighted by Crippen LogP contribution is -2.18. The van der Waals surface area contributed by atoms with Crippen LogP contribution in [0.1, 0.15) is 37.3 Å². The summed E-state index contributed by atoms with van der Waals surface area (Å²) in [6, 6.07) is 6.21. The number of benzene rings is 1. The Morgan fingerprint density at radius 3 is 2.67 bits per heavy atom. The molecule has 1 aliphatic rings. The fourth-order valence-corrected chi connectivity index (χ4v) is 2.35. The van der Waals surface area contributed by atoms with Gasteiger partial charge >= 0.3 is 0 Å². The van der Waals surface area contributed by atoms with Crippen molar-refractivity contribution in [2.45, 2.75) is 31.6 Å². The lowest BCUT2D eigenvalue weighted by molar-refractivity contribution is 0.647. The maximum Gasteiger partial charge on any atom is 0.0560 e. The first kappa shape index (κ1) is 10.6. The molecule has 0 bridgehead atoms. The van der Waals surface area contributed by atoms with Crippen LogP contribution in [0.3, 0.4) is 0 Å². The standard InChI is InChI=1S/C13H16ClN/c1-8(14)10-6-5-7-11-12(10)13(3,4)9(2)15-11/h5-8,15H,2H2,1,3-4H3. The Kier molecular flexibility index (Phi) is 2.31. The molecule has 1 atom stereocenters. The minimum absolute atomic E-state index is 0.0327. The summed E-state index contributed by atoms with van der Waals surface area (Å²) in [5.74, 6) is 0. The molecule has 0 saturated carbocycles. The second kappa shape index (κ2) is 3.28. The highest BCUT2D eigenvalue weighted by atomic mass is 35.5. The van der Waals surface area contributed by atoms with E-state index in [0.717, 1.165) is 11.4 Å². The Morgan fingerprint density at radius 2 is 2.07 bits per heavy atom. The average Bonchev–Trinajstić information content (AvgIpc) is 2.38. The zero-order valence-corrected chi connectivity index (χ0v) is 10.2. The third-order valence-corrected chi connectivity index (χ3v) is 3.43. The van der Waals surface area contributed by atoms with Gasteiger partial charge in [-0.3, -0.25) is 0 Å². The maximum absolute atomic E-state index is 6.20. The third kappa shape index (κ3) is 1.46. The number of nitrogens with one attached hydrogen (secondary N) is 1. The van der Waals surface area contributed by atoms with Crippen molar-refractivity contribution >= 4 is 17.3 Å². The summed E-state index contributed by atoms with van der Waals surface area (Å²) in [5.41, 5.74) is 4.65. The number of alkyl halides is 1. The molecular formula is C13H16ClN. The summed E-state index contributed by atoms with van der Waals surface area (Å²) in [4.78, 5) is 0. The van der Waals surface area contributed by atoms with Gasteiger partial charge in [-0.25, -0.2) is 0 Å². The summed E-state index contributed by atoms with van der Waals surface area (Å²) >= 11 is 6.20. The Hall–Kier alpha value is -0.950. The molecule has 0 fully saturated rings. The van der Waals surface area contributed by atoms with Crippen LogP contribution < -0.4 is 5.32 Å². The fourth-order valence-electron chi connectivity index (χ4n) is 2.17. The largest absolute Gasteiger partial charge is 0.358 e. The molecule has 0 radical (unpaired) electrons. The second-order valence-corrected chi connectivity index (χ2v) is 5.27. The van der Waals surface area contributed by atoms with Crippen molar-refractivity contribution in [1.82, 2.24) is 0 Å². The molecule has 1 unspecified atom stereocenters. The molecule has 0 amide bonds. The lowest BCUT2D eigenvalue weighted by Gasteiger charge is -2.23. The van der Waals surface area contributed by atoms with E-state index in [1.54, 1.807) is 0 Å². The van der Waals surface area contributed by atoms with Crippen LogP contribution in [0.15, 0.2) is 30.5 Å². The molecule has 15 heavy (non-hydrogen) atoms. The number of allylic oxidation sites excluding steroid dienone is 1. The first-order valence-corrected chi connectivity index (χ1v) is 5.62. The normalized spacial score (nSPS) is 19.6. The molecule has 0 aliphatic carbocycles. The Balaban J connectivity index is 2.67. The van der Waals surface area contributed by atoms with E-state index >= 15 is 0 Å². The van der Waals surface area contributed by atoms with Crippen molar-refractivity contribution in [2.24, 2.45) is 0 Å². The molecule has 1 N–H and O–H groups in total. The van der Waals surface area contributed by atoms with Gasteiger partial charge in [0.1, 0.15) is 0 Å². The van der Waals surface area contributed by atoms with Crippen molar-refractivity contribution < 1.29 is 0 Å². The van der Waals surface area contributed by atoms with Crippen molar-refractivity contribution in [3.63, 3.8) is 0 Å². The molecule has 2 rings (SSSR count). The highest BCUT2D eigenvalue weighted by molar-refractivity contribution is 6.20. The van der Waals surface area contributed by atoms with Gasteiger partial charge in [0.25, 0.3) is 0 Å². The van der Waals surface area contributed by atoms with E-state index in [-0.39, 0.29) is 10.8 Å². The molecule has 1 aromatic carbocycles. The van der Waals surface area contributed by atoms with E-state index in [1.165, 1.54) is 11.1 Å². The van der Waals surface area contributed by atoms with Crippen LogP contribution in [0.25, 0.3) is 0 Å². The monoisotopic (exact) mass is 221 g/mol. The zero-order chi connectivity index (χ0) is 11.2. The van der Waals surface area contributed by atoms with E-state index < -0.39 is 0 Å². The van der Waals surface area contributed by atoms with Crippen molar-refractivity contribution in [3.8, 4) is 0 Å². The van der Waals surface area contributed by atoms with Gasteiger partial charge in [0.15, 0.2) is 0 Å². The number of fused-ring (bicyclic) bond motifs is 1. The van der Waals surface area contributed by atoms with Crippen LogP contribution >= 0.6 is 11.6 Å². The van der Waals surface area contributed by atoms with Crippen LogP contribution in [0.4, 0.5) is 5.69 Å². The molecule has 0 aromatic heterocycles. The molecule has 1 heterocycles. The van der Waals surface area contributed by atoms with Crippen LogP contribution in [-0.2, 0) is 5.41 Å².